The summed E-state index contributed by atoms with van der Waals surface area (Å²) in [4.78, 5) is 10.5. The second kappa shape index (κ2) is 6.44. The van der Waals surface area contributed by atoms with Crippen LogP contribution in [0.3, 0.4) is 0 Å². The van der Waals surface area contributed by atoms with Gasteiger partial charge in [-0.25, -0.2) is 0 Å². The Hall–Kier alpha value is -1.29. The maximum atomic E-state index is 10.5. The standard InChI is InChI=1S/C16H26O3Si/c1-16(2,3)20(4,5)19-14-11-9-13(10-12-14)7-6-8-15(17)18/h9-12H,6-8H2,1-5H3,(H,17,18). The summed E-state index contributed by atoms with van der Waals surface area (Å²) >= 11 is 0. The highest BCUT2D eigenvalue weighted by Gasteiger charge is 2.38. The van der Waals surface area contributed by atoms with E-state index in [0.29, 0.717) is 6.42 Å². The molecule has 0 aromatic heterocycles. The van der Waals surface area contributed by atoms with Gasteiger partial charge in [0.05, 0.1) is 0 Å². The second-order valence-electron chi connectivity index (χ2n) is 6.75. The van der Waals surface area contributed by atoms with Crippen LogP contribution in [0.2, 0.25) is 18.1 Å². The zero-order chi connectivity index (χ0) is 15.4. The third kappa shape index (κ3) is 5.00. The first-order valence-electron chi connectivity index (χ1n) is 7.11. The molecular formula is C16H26O3Si. The molecule has 3 nitrogen and oxygen atoms in total. The van der Waals surface area contributed by atoms with Crippen LogP contribution in [0, 0.1) is 0 Å². The predicted octanol–water partition coefficient (Wildman–Crippen LogP) is 4.48. The fourth-order valence-corrected chi connectivity index (χ4v) is 2.65. The van der Waals surface area contributed by atoms with Crippen molar-refractivity contribution in [2.75, 3.05) is 0 Å². The topological polar surface area (TPSA) is 46.5 Å². The van der Waals surface area contributed by atoms with E-state index in [1.165, 1.54) is 0 Å². The Labute approximate surface area is 123 Å². The van der Waals surface area contributed by atoms with E-state index in [9.17, 15) is 4.79 Å². The average Bonchev–Trinajstić information content (AvgIpc) is 2.29. The summed E-state index contributed by atoms with van der Waals surface area (Å²) in [6.45, 7) is 11.1. The number of aryl methyl sites for hydroxylation is 1. The molecule has 1 N–H and O–H groups in total. The van der Waals surface area contributed by atoms with Gasteiger partial charge in [0, 0.05) is 6.42 Å². The largest absolute Gasteiger partial charge is 0.544 e. The molecule has 0 aliphatic carbocycles. The first kappa shape index (κ1) is 16.8. The minimum atomic E-state index is -1.78. The molecule has 20 heavy (non-hydrogen) atoms. The summed E-state index contributed by atoms with van der Waals surface area (Å²) in [6.07, 6.45) is 1.70. The Morgan fingerprint density at radius 2 is 1.75 bits per heavy atom. The van der Waals surface area contributed by atoms with Crippen LogP contribution < -0.4 is 4.43 Å². The molecule has 0 radical (unpaired) electrons. The van der Waals surface area contributed by atoms with Crippen LogP contribution in [-0.2, 0) is 11.2 Å². The summed E-state index contributed by atoms with van der Waals surface area (Å²) in [5.41, 5.74) is 1.16. The zero-order valence-electron chi connectivity index (χ0n) is 13.2. The van der Waals surface area contributed by atoms with Gasteiger partial charge in [-0.1, -0.05) is 32.9 Å². The van der Waals surface area contributed by atoms with Gasteiger partial charge in [0.2, 0.25) is 8.32 Å². The number of carboxylic acids is 1. The molecule has 0 aliphatic rings. The maximum absolute atomic E-state index is 10.5. The number of hydrogen-bond donors (Lipinski definition) is 1. The highest BCUT2D eigenvalue weighted by atomic mass is 28.4. The van der Waals surface area contributed by atoms with Crippen molar-refractivity contribution in [3.8, 4) is 5.75 Å². The lowest BCUT2D eigenvalue weighted by atomic mass is 10.1. The summed E-state index contributed by atoms with van der Waals surface area (Å²) in [6, 6.07) is 8.06. The van der Waals surface area contributed by atoms with Crippen molar-refractivity contribution in [1.82, 2.24) is 0 Å². The molecule has 0 saturated heterocycles. The lowest BCUT2D eigenvalue weighted by molar-refractivity contribution is -0.137. The molecule has 0 amide bonds. The number of aliphatic carboxylic acids is 1. The number of benzene rings is 1. The molecule has 1 aromatic rings. The normalized spacial score (nSPS) is 12.2. The van der Waals surface area contributed by atoms with Crippen molar-refractivity contribution >= 4 is 14.3 Å². The summed E-state index contributed by atoms with van der Waals surface area (Å²) in [5, 5.41) is 8.81. The Bertz CT molecular complexity index is 444. The third-order valence-corrected chi connectivity index (χ3v) is 8.32. The monoisotopic (exact) mass is 294 g/mol. The van der Waals surface area contributed by atoms with E-state index >= 15 is 0 Å². The number of carbonyl (C=O) groups is 1. The molecule has 0 aliphatic heterocycles. The molecule has 0 saturated carbocycles. The van der Waals surface area contributed by atoms with Gasteiger partial charge in [0.1, 0.15) is 5.75 Å². The van der Waals surface area contributed by atoms with Crippen molar-refractivity contribution in [1.29, 1.82) is 0 Å². The maximum Gasteiger partial charge on any atom is 0.303 e. The highest BCUT2D eigenvalue weighted by Crippen LogP contribution is 2.37. The van der Waals surface area contributed by atoms with Crippen LogP contribution in [0.15, 0.2) is 24.3 Å². The minimum Gasteiger partial charge on any atom is -0.544 e. The van der Waals surface area contributed by atoms with Crippen LogP contribution in [0.25, 0.3) is 0 Å². The molecular weight excluding hydrogens is 268 g/mol. The van der Waals surface area contributed by atoms with Gasteiger partial charge in [-0.3, -0.25) is 4.79 Å². The van der Waals surface area contributed by atoms with Crippen LogP contribution in [0.1, 0.15) is 39.2 Å². The Kier molecular flexibility index (Phi) is 5.40. The first-order chi connectivity index (χ1) is 9.12. The van der Waals surface area contributed by atoms with Gasteiger partial charge in [-0.05, 0) is 48.7 Å². The van der Waals surface area contributed by atoms with E-state index in [1.54, 1.807) is 0 Å². The second-order valence-corrected chi connectivity index (χ2v) is 11.5. The average molecular weight is 294 g/mol. The van der Waals surface area contributed by atoms with E-state index in [4.69, 9.17) is 9.53 Å². The van der Waals surface area contributed by atoms with Gasteiger partial charge in [-0.2, -0.15) is 0 Å². The summed E-state index contributed by atoms with van der Waals surface area (Å²) in [7, 11) is -1.78. The van der Waals surface area contributed by atoms with Crippen molar-refractivity contribution in [3.63, 3.8) is 0 Å². The zero-order valence-corrected chi connectivity index (χ0v) is 14.2. The van der Waals surface area contributed by atoms with E-state index in [2.05, 4.69) is 33.9 Å². The van der Waals surface area contributed by atoms with Crippen LogP contribution in [-0.4, -0.2) is 19.4 Å². The van der Waals surface area contributed by atoms with Gasteiger partial charge in [0.25, 0.3) is 0 Å². The van der Waals surface area contributed by atoms with Crippen LogP contribution in [0.4, 0.5) is 0 Å². The lowest BCUT2D eigenvalue weighted by Gasteiger charge is -2.36. The third-order valence-electron chi connectivity index (χ3n) is 3.96. The molecule has 1 rings (SSSR count). The van der Waals surface area contributed by atoms with Gasteiger partial charge >= 0.3 is 5.97 Å². The van der Waals surface area contributed by atoms with Gasteiger partial charge in [0.15, 0.2) is 0 Å². The predicted molar refractivity (Wildman–Crippen MR) is 84.8 cm³/mol. The number of hydrogen-bond acceptors (Lipinski definition) is 2. The fourth-order valence-electron chi connectivity index (χ4n) is 1.62. The molecule has 0 heterocycles. The van der Waals surface area contributed by atoms with Crippen LogP contribution >= 0.6 is 0 Å². The SMILES string of the molecule is CC(C)(C)[Si](C)(C)Oc1ccc(CCCC(=O)O)cc1. The fraction of sp³-hybridized carbons (Fsp3) is 0.562. The molecule has 0 fully saturated rings. The van der Waals surface area contributed by atoms with Crippen molar-refractivity contribution in [2.24, 2.45) is 0 Å². The molecule has 4 heteroatoms. The first-order valence-corrected chi connectivity index (χ1v) is 10.0. The van der Waals surface area contributed by atoms with Gasteiger partial charge < -0.3 is 9.53 Å². The van der Waals surface area contributed by atoms with E-state index in [1.807, 2.05) is 24.3 Å². The Balaban J connectivity index is 2.61. The molecule has 0 atom stereocenters. The molecule has 0 bridgehead atoms. The lowest BCUT2D eigenvalue weighted by Crippen LogP contribution is -2.43. The number of rotatable bonds is 6. The summed E-state index contributed by atoms with van der Waals surface area (Å²) < 4.78 is 6.21. The quantitative estimate of drug-likeness (QED) is 0.787. The van der Waals surface area contributed by atoms with Crippen molar-refractivity contribution < 1.29 is 14.3 Å². The van der Waals surface area contributed by atoms with E-state index in [0.717, 1.165) is 17.7 Å². The minimum absolute atomic E-state index is 0.188. The highest BCUT2D eigenvalue weighted by molar-refractivity contribution is 6.74. The number of carboxylic acid groups (broad SMARTS) is 1. The molecule has 0 spiro atoms. The molecule has 1 aromatic carbocycles. The smallest absolute Gasteiger partial charge is 0.303 e. The van der Waals surface area contributed by atoms with E-state index < -0.39 is 14.3 Å². The van der Waals surface area contributed by atoms with Crippen molar-refractivity contribution in [3.05, 3.63) is 29.8 Å². The Morgan fingerprint density at radius 3 is 2.20 bits per heavy atom. The molecule has 0 unspecified atom stereocenters. The molecule has 112 valence electrons. The van der Waals surface area contributed by atoms with Crippen LogP contribution in [0.5, 0.6) is 5.75 Å². The van der Waals surface area contributed by atoms with E-state index in [-0.39, 0.29) is 11.5 Å². The van der Waals surface area contributed by atoms with Gasteiger partial charge in [-0.15, -0.1) is 0 Å². The summed E-state index contributed by atoms with van der Waals surface area (Å²) in [5.74, 6) is 0.182. The Morgan fingerprint density at radius 1 is 1.20 bits per heavy atom. The van der Waals surface area contributed by atoms with Crippen molar-refractivity contribution in [2.45, 2.75) is 58.2 Å².